The Morgan fingerprint density at radius 2 is 2.45 bits per heavy atom. The quantitative estimate of drug-likeness (QED) is 0.570. The van der Waals surface area contributed by atoms with E-state index in [1.807, 2.05) is 6.07 Å². The van der Waals surface area contributed by atoms with E-state index >= 15 is 0 Å². The molecule has 0 spiro atoms. The Hall–Kier alpha value is -1.04. The molecule has 0 heterocycles. The van der Waals surface area contributed by atoms with Gasteiger partial charge in [-0.2, -0.15) is 5.26 Å². The van der Waals surface area contributed by atoms with Gasteiger partial charge < -0.3 is 4.74 Å². The molecule has 0 bridgehead atoms. The molecule has 0 aliphatic heterocycles. The molecule has 1 unspecified atom stereocenters. The van der Waals surface area contributed by atoms with E-state index in [0.717, 1.165) is 12.8 Å². The molecule has 0 aromatic heterocycles. The Morgan fingerprint density at radius 3 is 2.91 bits per heavy atom. The number of ether oxygens (including phenoxy) is 1. The third kappa shape index (κ3) is 2.58. The lowest BCUT2D eigenvalue weighted by Gasteiger charge is -2.03. The number of rotatable bonds is 3. The second-order valence-electron chi connectivity index (χ2n) is 2.93. The number of hydrogen-bond donors (Lipinski definition) is 0. The number of esters is 1. The van der Waals surface area contributed by atoms with Gasteiger partial charge in [-0.1, -0.05) is 0 Å². The molecule has 11 heavy (non-hydrogen) atoms. The molecule has 0 amide bonds. The van der Waals surface area contributed by atoms with Crippen molar-refractivity contribution in [2.45, 2.75) is 19.8 Å². The van der Waals surface area contributed by atoms with Crippen LogP contribution in [0.3, 0.4) is 0 Å². The van der Waals surface area contributed by atoms with Crippen LogP contribution in [-0.2, 0) is 9.53 Å². The highest BCUT2D eigenvalue weighted by molar-refractivity contribution is 5.74. The maximum absolute atomic E-state index is 10.9. The van der Waals surface area contributed by atoms with Gasteiger partial charge >= 0.3 is 5.97 Å². The van der Waals surface area contributed by atoms with Gasteiger partial charge in [0.15, 0.2) is 0 Å². The van der Waals surface area contributed by atoms with E-state index < -0.39 is 0 Å². The van der Waals surface area contributed by atoms with Crippen molar-refractivity contribution in [2.75, 3.05) is 6.61 Å². The molecule has 0 aromatic rings. The molecule has 3 nitrogen and oxygen atoms in total. The summed E-state index contributed by atoms with van der Waals surface area (Å²) < 4.78 is 4.86. The van der Waals surface area contributed by atoms with E-state index in [2.05, 4.69) is 0 Å². The first kappa shape index (κ1) is 8.06. The summed E-state index contributed by atoms with van der Waals surface area (Å²) in [7, 11) is 0. The topological polar surface area (TPSA) is 50.1 Å². The molecule has 0 N–H and O–H groups in total. The summed E-state index contributed by atoms with van der Waals surface area (Å²) in [5, 5.41) is 8.36. The van der Waals surface area contributed by atoms with Crippen LogP contribution in [-0.4, -0.2) is 12.6 Å². The van der Waals surface area contributed by atoms with Crippen molar-refractivity contribution in [3.8, 4) is 6.07 Å². The van der Waals surface area contributed by atoms with Crippen molar-refractivity contribution < 1.29 is 9.53 Å². The van der Waals surface area contributed by atoms with Gasteiger partial charge in [0.25, 0.3) is 0 Å². The fourth-order valence-electron chi connectivity index (χ4n) is 0.681. The minimum atomic E-state index is -0.183. The van der Waals surface area contributed by atoms with Crippen molar-refractivity contribution in [1.82, 2.24) is 0 Å². The Labute approximate surface area is 66.0 Å². The standard InChI is InChI=1S/C8H11NO2/c1-6(4-9)5-11-8(10)7-2-3-7/h6-7H,2-3,5H2,1H3. The average Bonchev–Trinajstić information content (AvgIpc) is 2.81. The molecule has 1 aliphatic rings. The lowest BCUT2D eigenvalue weighted by Crippen LogP contribution is -2.11. The molecule has 60 valence electrons. The minimum absolute atomic E-state index is 0.132. The van der Waals surface area contributed by atoms with Gasteiger partial charge in [0, 0.05) is 0 Å². The van der Waals surface area contributed by atoms with Crippen LogP contribution in [0.15, 0.2) is 0 Å². The smallest absolute Gasteiger partial charge is 0.308 e. The van der Waals surface area contributed by atoms with Crippen LogP contribution in [0, 0.1) is 23.2 Å². The van der Waals surface area contributed by atoms with Crippen LogP contribution >= 0.6 is 0 Å². The molecule has 3 heteroatoms. The monoisotopic (exact) mass is 153 g/mol. The number of carbonyl (C=O) groups is 1. The Kier molecular flexibility index (Phi) is 2.48. The zero-order valence-electron chi connectivity index (χ0n) is 6.54. The second kappa shape index (κ2) is 3.38. The summed E-state index contributed by atoms with van der Waals surface area (Å²) >= 11 is 0. The summed E-state index contributed by atoms with van der Waals surface area (Å²) in [6.45, 7) is 1.98. The fourth-order valence-corrected chi connectivity index (χ4v) is 0.681. The molecule has 1 rings (SSSR count). The SMILES string of the molecule is CC(C#N)COC(=O)C1CC1. The Balaban J connectivity index is 2.11. The van der Waals surface area contributed by atoms with Gasteiger partial charge in [-0.25, -0.2) is 0 Å². The third-order valence-electron chi connectivity index (χ3n) is 1.61. The maximum atomic E-state index is 10.9. The first-order valence-corrected chi connectivity index (χ1v) is 3.80. The zero-order chi connectivity index (χ0) is 8.27. The van der Waals surface area contributed by atoms with Crippen LogP contribution in [0.4, 0.5) is 0 Å². The fraction of sp³-hybridized carbons (Fsp3) is 0.750. The molecule has 1 atom stereocenters. The predicted octanol–water partition coefficient (Wildman–Crippen LogP) is 1.10. The second-order valence-corrected chi connectivity index (χ2v) is 2.93. The van der Waals surface area contributed by atoms with Gasteiger partial charge in [-0.05, 0) is 19.8 Å². The number of nitriles is 1. The van der Waals surface area contributed by atoms with E-state index in [9.17, 15) is 4.79 Å². The molecular weight excluding hydrogens is 142 g/mol. The van der Waals surface area contributed by atoms with Crippen LogP contribution in [0.5, 0.6) is 0 Å². The number of nitrogens with zero attached hydrogens (tertiary/aromatic N) is 1. The summed E-state index contributed by atoms with van der Waals surface area (Å²) in [6, 6.07) is 2.00. The van der Waals surface area contributed by atoms with Gasteiger partial charge in [-0.3, -0.25) is 4.79 Å². The van der Waals surface area contributed by atoms with Gasteiger partial charge in [0.1, 0.15) is 6.61 Å². The molecule has 0 radical (unpaired) electrons. The highest BCUT2D eigenvalue weighted by Crippen LogP contribution is 2.30. The Bertz CT molecular complexity index is 191. The maximum Gasteiger partial charge on any atom is 0.308 e. The molecule has 1 saturated carbocycles. The number of carbonyl (C=O) groups excluding carboxylic acids is 1. The average molecular weight is 153 g/mol. The lowest BCUT2D eigenvalue weighted by atomic mass is 10.2. The first-order valence-electron chi connectivity index (χ1n) is 3.80. The molecular formula is C8H11NO2. The van der Waals surface area contributed by atoms with Crippen molar-refractivity contribution in [1.29, 1.82) is 5.26 Å². The normalized spacial score (nSPS) is 18.5. The molecule has 1 aliphatic carbocycles. The minimum Gasteiger partial charge on any atom is -0.464 e. The predicted molar refractivity (Wildman–Crippen MR) is 38.5 cm³/mol. The highest BCUT2D eigenvalue weighted by atomic mass is 16.5. The van der Waals surface area contributed by atoms with Crippen molar-refractivity contribution in [2.24, 2.45) is 11.8 Å². The summed E-state index contributed by atoms with van der Waals surface area (Å²) in [5.41, 5.74) is 0. The van der Waals surface area contributed by atoms with Crippen molar-refractivity contribution >= 4 is 5.97 Å². The van der Waals surface area contributed by atoms with Crippen molar-refractivity contribution in [3.05, 3.63) is 0 Å². The summed E-state index contributed by atoms with van der Waals surface area (Å²) in [6.07, 6.45) is 1.92. The van der Waals surface area contributed by atoms with Crippen LogP contribution < -0.4 is 0 Å². The van der Waals surface area contributed by atoms with Crippen molar-refractivity contribution in [3.63, 3.8) is 0 Å². The van der Waals surface area contributed by atoms with E-state index in [1.165, 1.54) is 0 Å². The van der Waals surface area contributed by atoms with E-state index in [4.69, 9.17) is 10.00 Å². The molecule has 1 fully saturated rings. The lowest BCUT2D eigenvalue weighted by molar-refractivity contribution is -0.145. The number of hydrogen-bond acceptors (Lipinski definition) is 3. The molecule has 0 saturated heterocycles. The Morgan fingerprint density at radius 1 is 1.82 bits per heavy atom. The summed E-state index contributed by atoms with van der Waals surface area (Å²) in [5.74, 6) is -0.175. The van der Waals surface area contributed by atoms with E-state index in [-0.39, 0.29) is 24.4 Å². The highest BCUT2D eigenvalue weighted by Gasteiger charge is 2.31. The van der Waals surface area contributed by atoms with Crippen LogP contribution in [0.25, 0.3) is 0 Å². The summed E-state index contributed by atoms with van der Waals surface area (Å²) in [4.78, 5) is 10.9. The van der Waals surface area contributed by atoms with Gasteiger partial charge in [0.2, 0.25) is 0 Å². The van der Waals surface area contributed by atoms with E-state index in [1.54, 1.807) is 6.92 Å². The van der Waals surface area contributed by atoms with E-state index in [0.29, 0.717) is 0 Å². The third-order valence-corrected chi connectivity index (χ3v) is 1.61. The first-order chi connectivity index (χ1) is 5.24. The van der Waals surface area contributed by atoms with Gasteiger partial charge in [0.05, 0.1) is 17.9 Å². The molecule has 0 aromatic carbocycles. The zero-order valence-corrected chi connectivity index (χ0v) is 6.54. The van der Waals surface area contributed by atoms with Crippen LogP contribution in [0.1, 0.15) is 19.8 Å². The van der Waals surface area contributed by atoms with Gasteiger partial charge in [-0.15, -0.1) is 0 Å². The largest absolute Gasteiger partial charge is 0.464 e. The van der Waals surface area contributed by atoms with Crippen LogP contribution in [0.2, 0.25) is 0 Å².